The zero-order valence-electron chi connectivity index (χ0n) is 14.5. The molecule has 0 spiro atoms. The summed E-state index contributed by atoms with van der Waals surface area (Å²) in [5.41, 5.74) is 1.62. The van der Waals surface area contributed by atoms with E-state index in [1.54, 1.807) is 0 Å². The molecule has 0 fully saturated rings. The predicted molar refractivity (Wildman–Crippen MR) is 98.4 cm³/mol. The van der Waals surface area contributed by atoms with Gasteiger partial charge in [-0.15, -0.1) is 0 Å². The van der Waals surface area contributed by atoms with Crippen LogP contribution in [0.4, 0.5) is 0 Å². The summed E-state index contributed by atoms with van der Waals surface area (Å²) >= 11 is 0. The summed E-state index contributed by atoms with van der Waals surface area (Å²) in [6, 6.07) is 19.7. The second-order valence-corrected chi connectivity index (χ2v) is 6.06. The van der Waals surface area contributed by atoms with Crippen LogP contribution in [0.25, 0.3) is 0 Å². The van der Waals surface area contributed by atoms with Crippen molar-refractivity contribution in [1.82, 2.24) is 5.32 Å². The summed E-state index contributed by atoms with van der Waals surface area (Å²) in [6.07, 6.45) is 1.89. The number of carboxylic acid groups (broad SMARTS) is 1. The van der Waals surface area contributed by atoms with Crippen LogP contribution < -0.4 is 5.32 Å². The van der Waals surface area contributed by atoms with Crippen molar-refractivity contribution in [3.63, 3.8) is 0 Å². The number of rotatable bonds is 9. The number of carbonyl (C=O) groups excluding carboxylic acids is 1. The van der Waals surface area contributed by atoms with Gasteiger partial charge in [-0.1, -0.05) is 60.7 Å². The van der Waals surface area contributed by atoms with E-state index in [0.29, 0.717) is 25.7 Å². The number of hydrogen-bond donors (Lipinski definition) is 2. The highest BCUT2D eigenvalue weighted by Crippen LogP contribution is 2.25. The van der Waals surface area contributed by atoms with E-state index in [1.165, 1.54) is 0 Å². The maximum atomic E-state index is 12.9. The number of carboxylic acids is 1. The van der Waals surface area contributed by atoms with Gasteiger partial charge in [0.05, 0.1) is 12.0 Å². The molecule has 0 aromatic heterocycles. The molecule has 2 aromatic rings. The van der Waals surface area contributed by atoms with Gasteiger partial charge in [0.1, 0.15) is 6.04 Å². The van der Waals surface area contributed by atoms with Crippen LogP contribution in [0, 0.1) is 11.3 Å². The van der Waals surface area contributed by atoms with E-state index in [2.05, 4.69) is 5.32 Å². The van der Waals surface area contributed by atoms with Gasteiger partial charge in [-0.25, -0.2) is 4.79 Å². The Bertz CT molecular complexity index is 714. The molecule has 1 atom stereocenters. The molecule has 1 amide bonds. The van der Waals surface area contributed by atoms with Crippen LogP contribution in [0.15, 0.2) is 60.7 Å². The quantitative estimate of drug-likeness (QED) is 0.678. The normalized spacial score (nSPS) is 11.5. The van der Waals surface area contributed by atoms with Crippen molar-refractivity contribution < 1.29 is 14.7 Å². The standard InChI is InChI=1S/C21H22N2O3/c22-15-9-3-8-14-18(21(25)26)23-20(24)19(16-10-4-1-5-11-16)17-12-6-2-7-13-17/h1-2,4-7,10-13,18-19H,3,8-9,14H2,(H,23,24)(H,25,26)/t18-/m0/s1. The highest BCUT2D eigenvalue weighted by molar-refractivity contribution is 5.90. The molecule has 0 saturated heterocycles. The molecule has 2 N–H and O–H groups in total. The minimum Gasteiger partial charge on any atom is -0.480 e. The number of hydrogen-bond acceptors (Lipinski definition) is 3. The highest BCUT2D eigenvalue weighted by Gasteiger charge is 2.27. The van der Waals surface area contributed by atoms with Crippen LogP contribution in [0.3, 0.4) is 0 Å². The first-order valence-corrected chi connectivity index (χ1v) is 8.63. The summed E-state index contributed by atoms with van der Waals surface area (Å²) in [7, 11) is 0. The number of amides is 1. The number of carbonyl (C=O) groups is 2. The molecule has 26 heavy (non-hydrogen) atoms. The van der Waals surface area contributed by atoms with Crippen molar-refractivity contribution in [1.29, 1.82) is 5.26 Å². The molecule has 0 aliphatic carbocycles. The van der Waals surface area contributed by atoms with E-state index in [-0.39, 0.29) is 5.91 Å². The number of nitrogens with one attached hydrogen (secondary N) is 1. The van der Waals surface area contributed by atoms with Crippen LogP contribution in [0.1, 0.15) is 42.7 Å². The molecule has 0 saturated carbocycles. The number of unbranched alkanes of at least 4 members (excludes halogenated alkanes) is 2. The van der Waals surface area contributed by atoms with E-state index < -0.39 is 17.9 Å². The molecule has 0 aliphatic rings. The fraction of sp³-hybridized carbons (Fsp3) is 0.286. The molecule has 0 bridgehead atoms. The monoisotopic (exact) mass is 350 g/mol. The zero-order chi connectivity index (χ0) is 18.8. The molecule has 0 aliphatic heterocycles. The first-order chi connectivity index (χ1) is 12.6. The van der Waals surface area contributed by atoms with Crippen molar-refractivity contribution >= 4 is 11.9 Å². The van der Waals surface area contributed by atoms with Gasteiger partial charge in [0.15, 0.2) is 0 Å². The Morgan fingerprint density at radius 3 is 1.96 bits per heavy atom. The summed E-state index contributed by atoms with van der Waals surface area (Å²) in [4.78, 5) is 24.4. The molecule has 5 nitrogen and oxygen atoms in total. The third-order valence-electron chi connectivity index (χ3n) is 4.17. The van der Waals surface area contributed by atoms with Crippen LogP contribution in [-0.4, -0.2) is 23.0 Å². The average Bonchev–Trinajstić information content (AvgIpc) is 2.66. The van der Waals surface area contributed by atoms with Crippen LogP contribution in [-0.2, 0) is 9.59 Å². The van der Waals surface area contributed by atoms with Crippen LogP contribution in [0.2, 0.25) is 0 Å². The molecule has 0 heterocycles. The Morgan fingerprint density at radius 1 is 0.962 bits per heavy atom. The second kappa shape index (κ2) is 10.00. The lowest BCUT2D eigenvalue weighted by Gasteiger charge is -2.21. The molecule has 134 valence electrons. The van der Waals surface area contributed by atoms with Crippen molar-refractivity contribution in [3.8, 4) is 6.07 Å². The van der Waals surface area contributed by atoms with Gasteiger partial charge in [-0.2, -0.15) is 5.26 Å². The minimum absolute atomic E-state index is 0.305. The average molecular weight is 350 g/mol. The number of aliphatic carboxylic acids is 1. The van der Waals surface area contributed by atoms with Gasteiger partial charge in [0, 0.05) is 6.42 Å². The third-order valence-corrected chi connectivity index (χ3v) is 4.17. The number of benzene rings is 2. The molecule has 2 rings (SSSR count). The fourth-order valence-electron chi connectivity index (χ4n) is 2.85. The lowest BCUT2D eigenvalue weighted by atomic mass is 9.90. The summed E-state index contributed by atoms with van der Waals surface area (Å²) in [6.45, 7) is 0. The van der Waals surface area contributed by atoms with Crippen LogP contribution >= 0.6 is 0 Å². The molecule has 0 unspecified atom stereocenters. The van der Waals surface area contributed by atoms with Crippen molar-refractivity contribution in [2.45, 2.75) is 37.6 Å². The maximum absolute atomic E-state index is 12.9. The SMILES string of the molecule is N#CCCCC[C@H](NC(=O)C(c1ccccc1)c1ccccc1)C(=O)O. The van der Waals surface area contributed by atoms with E-state index in [9.17, 15) is 14.7 Å². The minimum atomic E-state index is -1.06. The van der Waals surface area contributed by atoms with Gasteiger partial charge < -0.3 is 10.4 Å². The largest absolute Gasteiger partial charge is 0.480 e. The van der Waals surface area contributed by atoms with Crippen molar-refractivity contribution in [2.24, 2.45) is 0 Å². The number of nitrogens with zero attached hydrogens (tertiary/aromatic N) is 1. The molecule has 5 heteroatoms. The lowest BCUT2D eigenvalue weighted by molar-refractivity contribution is -0.142. The summed E-state index contributed by atoms with van der Waals surface area (Å²) < 4.78 is 0. The van der Waals surface area contributed by atoms with Gasteiger partial charge in [0.25, 0.3) is 0 Å². The summed E-state index contributed by atoms with van der Waals surface area (Å²) in [5.74, 6) is -1.97. The van der Waals surface area contributed by atoms with Gasteiger partial charge in [-0.3, -0.25) is 4.79 Å². The Labute approximate surface area is 153 Å². The lowest BCUT2D eigenvalue weighted by Crippen LogP contribution is -2.43. The van der Waals surface area contributed by atoms with Gasteiger partial charge >= 0.3 is 5.97 Å². The first kappa shape index (κ1) is 19.2. The number of nitriles is 1. The third kappa shape index (κ3) is 5.45. The Morgan fingerprint density at radius 2 is 1.50 bits per heavy atom. The smallest absolute Gasteiger partial charge is 0.326 e. The van der Waals surface area contributed by atoms with E-state index in [1.807, 2.05) is 66.7 Å². The zero-order valence-corrected chi connectivity index (χ0v) is 14.5. The predicted octanol–water partition coefficient (Wildman–Crippen LogP) is 3.47. The maximum Gasteiger partial charge on any atom is 0.326 e. The van der Waals surface area contributed by atoms with Crippen molar-refractivity contribution in [3.05, 3.63) is 71.8 Å². The Balaban J connectivity index is 2.18. The van der Waals surface area contributed by atoms with Crippen molar-refractivity contribution in [2.75, 3.05) is 0 Å². The first-order valence-electron chi connectivity index (χ1n) is 8.63. The molecule has 2 aromatic carbocycles. The second-order valence-electron chi connectivity index (χ2n) is 6.06. The highest BCUT2D eigenvalue weighted by atomic mass is 16.4. The van der Waals surface area contributed by atoms with Gasteiger partial charge in [0.2, 0.25) is 5.91 Å². The molecule has 0 radical (unpaired) electrons. The Kier molecular flexibility index (Phi) is 7.38. The van der Waals surface area contributed by atoms with E-state index in [4.69, 9.17) is 5.26 Å². The topological polar surface area (TPSA) is 90.2 Å². The Hall–Kier alpha value is -3.13. The molecular formula is C21H22N2O3. The van der Waals surface area contributed by atoms with Gasteiger partial charge in [-0.05, 0) is 30.4 Å². The molecular weight excluding hydrogens is 328 g/mol. The van der Waals surface area contributed by atoms with E-state index >= 15 is 0 Å². The summed E-state index contributed by atoms with van der Waals surface area (Å²) in [5, 5.41) is 20.7. The van der Waals surface area contributed by atoms with E-state index in [0.717, 1.165) is 11.1 Å². The fourth-order valence-corrected chi connectivity index (χ4v) is 2.85. The van der Waals surface area contributed by atoms with Crippen LogP contribution in [0.5, 0.6) is 0 Å².